The predicted molar refractivity (Wildman–Crippen MR) is 139 cm³/mol. The van der Waals surface area contributed by atoms with Crippen molar-refractivity contribution >= 4 is 15.7 Å². The molecule has 0 aliphatic carbocycles. The minimum absolute atomic E-state index is 0.00854. The van der Waals surface area contributed by atoms with Crippen LogP contribution in [0, 0.1) is 11.2 Å². The van der Waals surface area contributed by atoms with Crippen molar-refractivity contribution in [3.8, 4) is 22.6 Å². The van der Waals surface area contributed by atoms with Crippen molar-refractivity contribution in [1.29, 1.82) is 0 Å². The molecule has 0 saturated carbocycles. The highest BCUT2D eigenvalue weighted by atomic mass is 32.2. The van der Waals surface area contributed by atoms with Gasteiger partial charge in [0.1, 0.15) is 23.4 Å². The lowest BCUT2D eigenvalue weighted by Crippen LogP contribution is -2.67. The molecule has 6 rings (SSSR count). The summed E-state index contributed by atoms with van der Waals surface area (Å²) in [5.74, 6) is -1.16. The van der Waals surface area contributed by atoms with E-state index in [0.29, 0.717) is 25.8 Å². The predicted octanol–water partition coefficient (Wildman–Crippen LogP) is 5.40. The quantitative estimate of drug-likeness (QED) is 0.332. The zero-order valence-electron chi connectivity index (χ0n) is 21.8. The maximum Gasteiger partial charge on any atom is 0.416 e. The molecule has 2 saturated heterocycles. The maximum absolute atomic E-state index is 14.3. The Labute approximate surface area is 237 Å². The molecule has 0 N–H and O–H groups in total. The van der Waals surface area contributed by atoms with E-state index in [1.807, 2.05) is 0 Å². The van der Waals surface area contributed by atoms with Gasteiger partial charge in [-0.25, -0.2) is 12.8 Å². The summed E-state index contributed by atoms with van der Waals surface area (Å²) >= 11 is 0. The smallest absolute Gasteiger partial charge is 0.416 e. The fourth-order valence-electron chi connectivity index (χ4n) is 5.57. The molecule has 2 fully saturated rings. The molecule has 1 spiro atoms. The van der Waals surface area contributed by atoms with Gasteiger partial charge in [-0.1, -0.05) is 12.1 Å². The molecule has 3 aromatic rings. The Morgan fingerprint density at radius 3 is 2.43 bits per heavy atom. The summed E-state index contributed by atoms with van der Waals surface area (Å²) in [7, 11) is -4.55. The molecule has 7 nitrogen and oxygen atoms in total. The van der Waals surface area contributed by atoms with Gasteiger partial charge in [0.05, 0.1) is 35.9 Å². The molecule has 3 aliphatic rings. The Kier molecular flexibility index (Phi) is 7.05. The molecule has 0 radical (unpaired) electrons. The van der Waals surface area contributed by atoms with Gasteiger partial charge in [-0.05, 0) is 53.6 Å². The molecule has 0 aromatic heterocycles. The average molecular weight is 615 g/mol. The number of likely N-dealkylation sites (tertiary alicyclic amines) is 1. The molecule has 3 aliphatic heterocycles. The van der Waals surface area contributed by atoms with E-state index in [-0.39, 0.29) is 34.5 Å². The number of ether oxygens (including phenoxy) is 3. The van der Waals surface area contributed by atoms with Crippen LogP contribution in [0.5, 0.6) is 11.5 Å². The zero-order chi connectivity index (χ0) is 29.9. The van der Waals surface area contributed by atoms with Crippen LogP contribution < -0.4 is 13.8 Å². The summed E-state index contributed by atoms with van der Waals surface area (Å²) in [5, 5.41) is 0. The van der Waals surface area contributed by atoms with Crippen molar-refractivity contribution in [2.75, 3.05) is 43.7 Å². The molecule has 0 bridgehead atoms. The Bertz CT molecular complexity index is 1600. The van der Waals surface area contributed by atoms with Gasteiger partial charge in [0.2, 0.25) is 0 Å². The number of rotatable bonds is 7. The second-order valence-electron chi connectivity index (χ2n) is 10.7. The maximum atomic E-state index is 14.3. The van der Waals surface area contributed by atoms with Gasteiger partial charge in [-0.15, -0.1) is 0 Å². The summed E-state index contributed by atoms with van der Waals surface area (Å²) in [6.45, 7) is -0.224. The van der Waals surface area contributed by atoms with E-state index in [0.717, 1.165) is 47.7 Å². The number of nitrogens with zero attached hydrogens (tertiary/aromatic N) is 2. The monoisotopic (exact) mass is 614 g/mol. The summed E-state index contributed by atoms with van der Waals surface area (Å²) in [5.41, 5.74) is -0.659. The molecular formula is C28H24F6N2O5S. The number of halogens is 6. The highest BCUT2D eigenvalue weighted by molar-refractivity contribution is 7.92. The van der Waals surface area contributed by atoms with E-state index in [9.17, 15) is 34.8 Å². The second kappa shape index (κ2) is 10.3. The first-order chi connectivity index (χ1) is 19.8. The van der Waals surface area contributed by atoms with Crippen molar-refractivity contribution < 1.29 is 49.0 Å². The van der Waals surface area contributed by atoms with E-state index in [1.54, 1.807) is 0 Å². The third-order valence-corrected chi connectivity index (χ3v) is 9.24. The summed E-state index contributed by atoms with van der Waals surface area (Å²) < 4.78 is 125. The summed E-state index contributed by atoms with van der Waals surface area (Å²) in [6.07, 6.45) is -5.42. The second-order valence-corrected chi connectivity index (χ2v) is 12.6. The van der Waals surface area contributed by atoms with Gasteiger partial charge in [0.15, 0.2) is 0 Å². The van der Waals surface area contributed by atoms with Crippen LogP contribution in [0.15, 0.2) is 65.6 Å². The van der Waals surface area contributed by atoms with Gasteiger partial charge in [0, 0.05) is 31.1 Å². The number of fused-ring (bicyclic) bond motifs is 1. The number of alkyl halides is 5. The Hall–Kier alpha value is -3.49. The lowest BCUT2D eigenvalue weighted by molar-refractivity contribution is -0.192. The van der Waals surface area contributed by atoms with Crippen molar-refractivity contribution in [3.63, 3.8) is 0 Å². The third-order valence-electron chi connectivity index (χ3n) is 7.47. The highest BCUT2D eigenvalue weighted by Crippen LogP contribution is 2.43. The van der Waals surface area contributed by atoms with Crippen molar-refractivity contribution in [1.82, 2.24) is 4.90 Å². The summed E-state index contributed by atoms with van der Waals surface area (Å²) in [4.78, 5) is 1.53. The van der Waals surface area contributed by atoms with Gasteiger partial charge < -0.3 is 14.2 Å². The van der Waals surface area contributed by atoms with Gasteiger partial charge in [0.25, 0.3) is 10.0 Å². The Balaban J connectivity index is 1.37. The van der Waals surface area contributed by atoms with Crippen LogP contribution in [0.2, 0.25) is 0 Å². The van der Waals surface area contributed by atoms with Crippen LogP contribution in [-0.2, 0) is 20.9 Å². The fourth-order valence-corrected chi connectivity index (χ4v) is 7.11. The molecule has 1 atom stereocenters. The lowest BCUT2D eigenvalue weighted by Gasteiger charge is -2.56. The Morgan fingerprint density at radius 1 is 1.00 bits per heavy atom. The van der Waals surface area contributed by atoms with Crippen LogP contribution in [0.3, 0.4) is 0 Å². The fraction of sp³-hybridized carbons (Fsp3) is 0.357. The molecule has 3 heterocycles. The van der Waals surface area contributed by atoms with Crippen molar-refractivity contribution in [2.45, 2.75) is 23.8 Å². The molecule has 0 unspecified atom stereocenters. The SMILES string of the molecule is O=S(=O)(c1cccc(C(F)(F)F)c1)N1C[C@H](CN2CC3(COC3)C2)Oc2ccc(-c3cc(F)cc(OC(F)F)c3)cc21. The largest absolute Gasteiger partial charge is 0.485 e. The number of anilines is 1. The van der Waals surface area contributed by atoms with Crippen molar-refractivity contribution in [2.24, 2.45) is 5.41 Å². The first-order valence-corrected chi connectivity index (χ1v) is 14.3. The van der Waals surface area contributed by atoms with Gasteiger partial charge >= 0.3 is 12.8 Å². The third kappa shape index (κ3) is 5.50. The minimum Gasteiger partial charge on any atom is -0.485 e. The van der Waals surface area contributed by atoms with E-state index in [1.165, 1.54) is 24.3 Å². The van der Waals surface area contributed by atoms with Gasteiger partial charge in [-0.3, -0.25) is 9.21 Å². The normalized spacial score (nSPS) is 20.1. The molecule has 0 amide bonds. The van der Waals surface area contributed by atoms with E-state index >= 15 is 0 Å². The zero-order valence-corrected chi connectivity index (χ0v) is 22.6. The van der Waals surface area contributed by atoms with Crippen LogP contribution in [0.4, 0.5) is 32.0 Å². The number of sulfonamides is 1. The summed E-state index contributed by atoms with van der Waals surface area (Å²) in [6, 6.07) is 10.8. The van der Waals surface area contributed by atoms with Crippen LogP contribution in [0.25, 0.3) is 11.1 Å². The van der Waals surface area contributed by atoms with E-state index in [2.05, 4.69) is 9.64 Å². The number of hydrogen-bond acceptors (Lipinski definition) is 6. The van der Waals surface area contributed by atoms with Crippen LogP contribution >= 0.6 is 0 Å². The average Bonchev–Trinajstić information content (AvgIpc) is 2.87. The standard InChI is InChI=1S/C28H24F6N2O5S/c29-20-6-18(7-21(10-20)41-26(30)31)17-4-5-25-24(8-17)36(12-22(40-25)11-35-13-27(14-35)15-39-16-27)42(37,38)23-3-1-2-19(9-23)28(32,33)34/h1-10,22,26H,11-16H2/t22-/m0/s1. The van der Waals surface area contributed by atoms with Crippen LogP contribution in [0.1, 0.15) is 5.56 Å². The number of benzene rings is 3. The highest BCUT2D eigenvalue weighted by Gasteiger charge is 2.50. The first-order valence-electron chi connectivity index (χ1n) is 12.9. The minimum atomic E-state index is -4.77. The van der Waals surface area contributed by atoms with Crippen LogP contribution in [-0.4, -0.2) is 65.4 Å². The molecule has 3 aromatic carbocycles. The van der Waals surface area contributed by atoms with Crippen molar-refractivity contribution in [3.05, 3.63) is 72.0 Å². The molecule has 224 valence electrons. The topological polar surface area (TPSA) is 68.3 Å². The molecule has 14 heteroatoms. The number of hydrogen-bond donors (Lipinski definition) is 0. The van der Waals surface area contributed by atoms with Gasteiger partial charge in [-0.2, -0.15) is 22.0 Å². The molecule has 42 heavy (non-hydrogen) atoms. The Morgan fingerprint density at radius 2 is 1.76 bits per heavy atom. The molecular weight excluding hydrogens is 590 g/mol. The van der Waals surface area contributed by atoms with E-state index in [4.69, 9.17) is 9.47 Å². The van der Waals surface area contributed by atoms with E-state index < -0.39 is 50.9 Å². The lowest BCUT2D eigenvalue weighted by atomic mass is 9.78. The first kappa shape index (κ1) is 28.6.